The first-order chi connectivity index (χ1) is 18.6. The molecule has 0 bridgehead atoms. The van der Waals surface area contributed by atoms with E-state index in [9.17, 15) is 23.5 Å². The number of halogens is 1. The number of methoxy groups -OCH3 is 2. The summed E-state index contributed by atoms with van der Waals surface area (Å²) in [6, 6.07) is 13.5. The maximum atomic E-state index is 14.3. The standard InChI is InChI=1S/C28H28FN2O6PS/c1-17-22(10-18-11-25(36-2)28(26(12-18)37-3)39-16-38(33,34)35)21-8-7-19(29)13-24(21)23(17)14-27(32)31-15-20-6-4-5-9-30-20/h4-13H,14-16H2,1-3H3,(H,31,32)(H2,33,34,35). The number of ether oxygens (including phenoxy) is 2. The molecule has 39 heavy (non-hydrogen) atoms. The number of aromatic nitrogens is 1. The summed E-state index contributed by atoms with van der Waals surface area (Å²) < 4.78 is 36.7. The van der Waals surface area contributed by atoms with Crippen LogP contribution in [0.3, 0.4) is 0 Å². The number of allylic oxidation sites excluding steroid dienone is 2. The van der Waals surface area contributed by atoms with Crippen LogP contribution in [0.1, 0.15) is 35.7 Å². The highest BCUT2D eigenvalue weighted by Gasteiger charge is 2.26. The quantitative estimate of drug-likeness (QED) is 0.216. The summed E-state index contributed by atoms with van der Waals surface area (Å²) in [6.07, 6.45) is 3.62. The number of benzene rings is 2. The van der Waals surface area contributed by atoms with Gasteiger partial charge < -0.3 is 24.6 Å². The highest BCUT2D eigenvalue weighted by Crippen LogP contribution is 2.48. The molecule has 3 N–H and O–H groups in total. The molecule has 0 saturated carbocycles. The Hall–Kier alpha value is -3.43. The van der Waals surface area contributed by atoms with Gasteiger partial charge in [0, 0.05) is 6.20 Å². The molecule has 1 aliphatic rings. The van der Waals surface area contributed by atoms with Crippen molar-refractivity contribution < 1.29 is 33.0 Å². The number of hydrogen-bond donors (Lipinski definition) is 3. The summed E-state index contributed by atoms with van der Waals surface area (Å²) in [5, 5.41) is 2.88. The zero-order valence-electron chi connectivity index (χ0n) is 21.6. The molecule has 2 aromatic carbocycles. The molecular formula is C28H28FN2O6PS. The Morgan fingerprint density at radius 2 is 1.82 bits per heavy atom. The lowest BCUT2D eigenvalue weighted by molar-refractivity contribution is -0.120. The minimum atomic E-state index is -4.25. The number of carbonyl (C=O) groups is 1. The fraction of sp³-hybridized carbons (Fsp3) is 0.214. The van der Waals surface area contributed by atoms with E-state index in [2.05, 4.69) is 10.3 Å². The fourth-order valence-corrected chi connectivity index (χ4v) is 6.10. The summed E-state index contributed by atoms with van der Waals surface area (Å²) in [4.78, 5) is 36.1. The molecule has 0 aliphatic heterocycles. The van der Waals surface area contributed by atoms with E-state index in [0.29, 0.717) is 27.5 Å². The predicted molar refractivity (Wildman–Crippen MR) is 150 cm³/mol. The first kappa shape index (κ1) is 28.6. The lowest BCUT2D eigenvalue weighted by Gasteiger charge is -2.15. The number of rotatable bonds is 10. The van der Waals surface area contributed by atoms with Gasteiger partial charge >= 0.3 is 7.60 Å². The van der Waals surface area contributed by atoms with Crippen molar-refractivity contribution in [2.45, 2.75) is 24.8 Å². The molecule has 4 rings (SSSR count). The van der Waals surface area contributed by atoms with Crippen molar-refractivity contribution in [1.29, 1.82) is 0 Å². The molecule has 0 radical (unpaired) electrons. The van der Waals surface area contributed by atoms with Crippen LogP contribution in [0.5, 0.6) is 11.5 Å². The number of nitrogens with zero attached hydrogens (tertiary/aromatic N) is 1. The highest BCUT2D eigenvalue weighted by molar-refractivity contribution is 8.04. The lowest BCUT2D eigenvalue weighted by atomic mass is 10.0. The average molecular weight is 571 g/mol. The largest absolute Gasteiger partial charge is 0.495 e. The van der Waals surface area contributed by atoms with Crippen LogP contribution in [-0.4, -0.2) is 40.4 Å². The van der Waals surface area contributed by atoms with Crippen LogP contribution in [0.15, 0.2) is 65.2 Å². The summed E-state index contributed by atoms with van der Waals surface area (Å²) >= 11 is 0.948. The molecule has 204 valence electrons. The molecule has 8 nitrogen and oxygen atoms in total. The first-order valence-corrected chi connectivity index (χ1v) is 14.7. The van der Waals surface area contributed by atoms with E-state index in [4.69, 9.17) is 9.47 Å². The van der Waals surface area contributed by atoms with E-state index in [1.165, 1.54) is 26.4 Å². The van der Waals surface area contributed by atoms with Gasteiger partial charge in [-0.3, -0.25) is 14.3 Å². The van der Waals surface area contributed by atoms with E-state index >= 15 is 0 Å². The second kappa shape index (κ2) is 12.2. The Kier molecular flexibility index (Phi) is 8.92. The Bertz CT molecular complexity index is 1480. The van der Waals surface area contributed by atoms with Crippen molar-refractivity contribution in [3.8, 4) is 11.5 Å². The normalized spacial score (nSPS) is 13.9. The lowest BCUT2D eigenvalue weighted by Crippen LogP contribution is -2.23. The average Bonchev–Trinajstić information content (AvgIpc) is 3.15. The molecule has 0 unspecified atom stereocenters. The molecule has 3 aromatic rings. The van der Waals surface area contributed by atoms with Crippen LogP contribution in [0.25, 0.3) is 17.2 Å². The highest BCUT2D eigenvalue weighted by atomic mass is 32.2. The van der Waals surface area contributed by atoms with Crippen molar-refractivity contribution in [2.24, 2.45) is 0 Å². The second-order valence-corrected chi connectivity index (χ2v) is 11.9. The van der Waals surface area contributed by atoms with Crippen molar-refractivity contribution >= 4 is 42.5 Å². The van der Waals surface area contributed by atoms with Gasteiger partial charge in [0.2, 0.25) is 5.91 Å². The van der Waals surface area contributed by atoms with Gasteiger partial charge in [-0.2, -0.15) is 0 Å². The third-order valence-electron chi connectivity index (χ3n) is 6.15. The number of hydrogen-bond acceptors (Lipinski definition) is 6. The smallest absolute Gasteiger partial charge is 0.335 e. The van der Waals surface area contributed by atoms with E-state index in [1.807, 2.05) is 25.1 Å². The van der Waals surface area contributed by atoms with Crippen LogP contribution in [-0.2, 0) is 15.9 Å². The minimum absolute atomic E-state index is 0.0665. The van der Waals surface area contributed by atoms with Crippen LogP contribution in [0, 0.1) is 5.82 Å². The van der Waals surface area contributed by atoms with Gasteiger partial charge in [-0.25, -0.2) is 4.39 Å². The summed E-state index contributed by atoms with van der Waals surface area (Å²) in [5.74, 6) is 0.186. The SMILES string of the molecule is COc1cc(C=C2C(C)=C(CC(=O)NCc3ccccn3)c3cc(F)ccc32)cc(OC)c1SCP(=O)(O)O. The first-order valence-electron chi connectivity index (χ1n) is 11.9. The Labute approximate surface area is 230 Å². The molecule has 1 aromatic heterocycles. The van der Waals surface area contributed by atoms with Gasteiger partial charge in [0.1, 0.15) is 22.8 Å². The van der Waals surface area contributed by atoms with Crippen LogP contribution >= 0.6 is 19.4 Å². The van der Waals surface area contributed by atoms with Crippen molar-refractivity contribution in [2.75, 3.05) is 19.7 Å². The van der Waals surface area contributed by atoms with Gasteiger partial charge in [0.05, 0.1) is 37.8 Å². The summed E-state index contributed by atoms with van der Waals surface area (Å²) in [5.41, 5.74) is 4.83. The molecule has 1 heterocycles. The number of thioether (sulfide) groups is 1. The van der Waals surface area contributed by atoms with Gasteiger partial charge in [0.25, 0.3) is 0 Å². The minimum Gasteiger partial charge on any atom is -0.495 e. The van der Waals surface area contributed by atoms with Crippen molar-refractivity contribution in [3.63, 3.8) is 0 Å². The van der Waals surface area contributed by atoms with Gasteiger partial charge in [-0.15, -0.1) is 11.8 Å². The number of carbonyl (C=O) groups excluding carboxylic acids is 1. The summed E-state index contributed by atoms with van der Waals surface area (Å²) in [7, 11) is -1.32. The van der Waals surface area contributed by atoms with E-state index < -0.39 is 18.9 Å². The number of pyridine rings is 1. The Morgan fingerprint density at radius 3 is 2.44 bits per heavy atom. The van der Waals surface area contributed by atoms with Gasteiger partial charge in [-0.05, 0) is 82.8 Å². The molecular weight excluding hydrogens is 542 g/mol. The molecule has 1 amide bonds. The molecule has 0 saturated heterocycles. The molecule has 0 fully saturated rings. The number of fused-ring (bicyclic) bond motifs is 1. The third kappa shape index (κ3) is 6.96. The molecule has 0 spiro atoms. The number of amides is 1. The fourth-order valence-electron chi connectivity index (χ4n) is 4.34. The second-order valence-electron chi connectivity index (χ2n) is 8.82. The monoisotopic (exact) mass is 570 g/mol. The molecule has 1 aliphatic carbocycles. The van der Waals surface area contributed by atoms with E-state index in [-0.39, 0.29) is 18.9 Å². The van der Waals surface area contributed by atoms with Gasteiger partial charge in [0.15, 0.2) is 0 Å². The van der Waals surface area contributed by atoms with Crippen molar-refractivity contribution in [1.82, 2.24) is 10.3 Å². The zero-order chi connectivity index (χ0) is 28.2. The van der Waals surface area contributed by atoms with Crippen LogP contribution < -0.4 is 14.8 Å². The molecule has 0 atom stereocenters. The maximum absolute atomic E-state index is 14.3. The van der Waals surface area contributed by atoms with Crippen LogP contribution in [0.4, 0.5) is 4.39 Å². The van der Waals surface area contributed by atoms with E-state index in [1.54, 1.807) is 30.5 Å². The maximum Gasteiger partial charge on any atom is 0.335 e. The van der Waals surface area contributed by atoms with Gasteiger partial charge in [-0.1, -0.05) is 12.1 Å². The molecule has 11 heteroatoms. The number of nitrogens with one attached hydrogen (secondary N) is 1. The van der Waals surface area contributed by atoms with Crippen molar-refractivity contribution in [3.05, 3.63) is 88.5 Å². The zero-order valence-corrected chi connectivity index (χ0v) is 23.3. The Balaban J connectivity index is 1.68. The summed E-state index contributed by atoms with van der Waals surface area (Å²) in [6.45, 7) is 2.18. The predicted octanol–water partition coefficient (Wildman–Crippen LogP) is 5.50. The van der Waals surface area contributed by atoms with Crippen LogP contribution in [0.2, 0.25) is 0 Å². The third-order valence-corrected chi connectivity index (χ3v) is 8.71. The van der Waals surface area contributed by atoms with E-state index in [0.717, 1.165) is 39.7 Å². The Morgan fingerprint density at radius 1 is 1.10 bits per heavy atom. The topological polar surface area (TPSA) is 118 Å².